The normalized spacial score (nSPS) is 15.9. The van der Waals surface area contributed by atoms with Crippen molar-refractivity contribution in [3.8, 4) is 0 Å². The van der Waals surface area contributed by atoms with Gasteiger partial charge >= 0.3 is 0 Å². The molecule has 0 bridgehead atoms. The molecule has 29 heavy (non-hydrogen) atoms. The zero-order chi connectivity index (χ0) is 21.0. The predicted molar refractivity (Wildman–Crippen MR) is 116 cm³/mol. The summed E-state index contributed by atoms with van der Waals surface area (Å²) >= 11 is 1.48. The molecule has 1 saturated heterocycles. The van der Waals surface area contributed by atoms with Crippen molar-refractivity contribution in [1.29, 1.82) is 0 Å². The van der Waals surface area contributed by atoms with Crippen molar-refractivity contribution in [3.63, 3.8) is 0 Å². The number of nitrogens with zero attached hydrogens (tertiary/aromatic N) is 4. The third-order valence-corrected chi connectivity index (χ3v) is 6.52. The highest BCUT2D eigenvalue weighted by Crippen LogP contribution is 2.24. The SMILES string of the molecule is CCC(C(=O)N1CCN(Cc2nc(C)c(C(=O)N(C)C)s2)CC1)c1ccccc1. The summed E-state index contributed by atoms with van der Waals surface area (Å²) in [5, 5.41) is 0.961. The molecule has 6 nitrogen and oxygen atoms in total. The summed E-state index contributed by atoms with van der Waals surface area (Å²) in [5.41, 5.74) is 1.89. The zero-order valence-electron chi connectivity index (χ0n) is 17.7. The van der Waals surface area contributed by atoms with Crippen LogP contribution in [0.15, 0.2) is 30.3 Å². The number of hydrogen-bond donors (Lipinski definition) is 0. The first-order valence-electron chi connectivity index (χ1n) is 10.1. The average molecular weight is 415 g/mol. The Morgan fingerprint density at radius 1 is 1.14 bits per heavy atom. The van der Waals surface area contributed by atoms with Crippen molar-refractivity contribution >= 4 is 23.2 Å². The molecule has 1 unspecified atom stereocenters. The molecule has 0 radical (unpaired) electrons. The molecule has 3 rings (SSSR count). The molecule has 1 fully saturated rings. The van der Waals surface area contributed by atoms with Gasteiger partial charge in [-0.15, -0.1) is 11.3 Å². The van der Waals surface area contributed by atoms with Crippen LogP contribution in [0.4, 0.5) is 0 Å². The molecule has 0 saturated carbocycles. The van der Waals surface area contributed by atoms with E-state index in [-0.39, 0.29) is 17.7 Å². The quantitative estimate of drug-likeness (QED) is 0.729. The maximum absolute atomic E-state index is 13.0. The standard InChI is InChI=1S/C22H30N4O2S/c1-5-18(17-9-7-6-8-10-17)21(27)26-13-11-25(12-14-26)15-19-23-16(2)20(29-19)22(28)24(3)4/h6-10,18H,5,11-15H2,1-4H3. The van der Waals surface area contributed by atoms with E-state index in [1.807, 2.05) is 42.2 Å². The zero-order valence-corrected chi connectivity index (χ0v) is 18.5. The number of aryl methyl sites for hydroxylation is 1. The van der Waals surface area contributed by atoms with E-state index in [1.165, 1.54) is 11.3 Å². The molecule has 0 spiro atoms. The number of amides is 2. The van der Waals surface area contributed by atoms with Gasteiger partial charge in [0.05, 0.1) is 18.2 Å². The van der Waals surface area contributed by atoms with E-state index in [1.54, 1.807) is 19.0 Å². The monoisotopic (exact) mass is 414 g/mol. The summed E-state index contributed by atoms with van der Waals surface area (Å²) in [6, 6.07) is 10.1. The number of carbonyl (C=O) groups excluding carboxylic acids is 2. The predicted octanol–water partition coefficient (Wildman–Crippen LogP) is 2.99. The second kappa shape index (κ2) is 9.50. The van der Waals surface area contributed by atoms with Crippen LogP contribution in [0.3, 0.4) is 0 Å². The minimum absolute atomic E-state index is 0.00758. The third kappa shape index (κ3) is 5.03. The highest BCUT2D eigenvalue weighted by molar-refractivity contribution is 7.13. The van der Waals surface area contributed by atoms with E-state index in [0.29, 0.717) is 4.88 Å². The molecule has 1 aromatic carbocycles. The highest BCUT2D eigenvalue weighted by atomic mass is 32.1. The smallest absolute Gasteiger partial charge is 0.265 e. The maximum atomic E-state index is 13.0. The van der Waals surface area contributed by atoms with Crippen LogP contribution in [0, 0.1) is 6.92 Å². The van der Waals surface area contributed by atoms with Crippen molar-refractivity contribution in [1.82, 2.24) is 19.7 Å². The van der Waals surface area contributed by atoms with Crippen molar-refractivity contribution in [2.75, 3.05) is 40.3 Å². The van der Waals surface area contributed by atoms with Crippen molar-refractivity contribution in [3.05, 3.63) is 51.5 Å². The Morgan fingerprint density at radius 2 is 1.79 bits per heavy atom. The summed E-state index contributed by atoms with van der Waals surface area (Å²) in [6.07, 6.45) is 0.810. The highest BCUT2D eigenvalue weighted by Gasteiger charge is 2.28. The molecule has 1 aliphatic heterocycles. The van der Waals surface area contributed by atoms with Gasteiger partial charge in [0.25, 0.3) is 5.91 Å². The first kappa shape index (κ1) is 21.5. The number of hydrogen-bond acceptors (Lipinski definition) is 5. The molecule has 1 atom stereocenters. The molecule has 1 aromatic heterocycles. The lowest BCUT2D eigenvalue weighted by molar-refractivity contribution is -0.134. The second-order valence-electron chi connectivity index (χ2n) is 7.69. The molecule has 7 heteroatoms. The Morgan fingerprint density at radius 3 is 2.38 bits per heavy atom. The number of carbonyl (C=O) groups is 2. The van der Waals surface area contributed by atoms with Gasteiger partial charge in [0.15, 0.2) is 0 Å². The summed E-state index contributed by atoms with van der Waals surface area (Å²) in [7, 11) is 3.52. The van der Waals surface area contributed by atoms with E-state index >= 15 is 0 Å². The lowest BCUT2D eigenvalue weighted by Crippen LogP contribution is -2.49. The number of benzene rings is 1. The van der Waals surface area contributed by atoms with Crippen LogP contribution >= 0.6 is 11.3 Å². The van der Waals surface area contributed by atoms with Crippen LogP contribution in [0.1, 0.15) is 45.2 Å². The Hall–Kier alpha value is -2.25. The Kier molecular flexibility index (Phi) is 7.03. The topological polar surface area (TPSA) is 56.8 Å². The van der Waals surface area contributed by atoms with Gasteiger partial charge < -0.3 is 9.80 Å². The molecule has 156 valence electrons. The fourth-order valence-electron chi connectivity index (χ4n) is 3.70. The minimum Gasteiger partial charge on any atom is -0.344 e. The Balaban J connectivity index is 1.57. The van der Waals surface area contributed by atoms with Crippen LogP contribution in [-0.4, -0.2) is 71.8 Å². The number of piperazine rings is 1. The molecule has 0 aliphatic carbocycles. The lowest BCUT2D eigenvalue weighted by atomic mass is 9.95. The van der Waals surface area contributed by atoms with Gasteiger partial charge in [-0.1, -0.05) is 37.3 Å². The van der Waals surface area contributed by atoms with Gasteiger partial charge in [-0.05, 0) is 18.9 Å². The Labute approximate surface area is 177 Å². The first-order chi connectivity index (χ1) is 13.9. The van der Waals surface area contributed by atoms with E-state index < -0.39 is 0 Å². The molecule has 2 heterocycles. The van der Waals surface area contributed by atoms with Crippen LogP contribution < -0.4 is 0 Å². The van der Waals surface area contributed by atoms with Crippen molar-refractivity contribution in [2.24, 2.45) is 0 Å². The molecular formula is C22H30N4O2S. The molecule has 2 amide bonds. The first-order valence-corrected chi connectivity index (χ1v) is 11.0. The summed E-state index contributed by atoms with van der Waals surface area (Å²) in [4.78, 5) is 36.5. The van der Waals surface area contributed by atoms with Gasteiger partial charge in [0, 0.05) is 40.3 Å². The van der Waals surface area contributed by atoms with E-state index in [4.69, 9.17) is 0 Å². The average Bonchev–Trinajstić information content (AvgIpc) is 3.09. The van der Waals surface area contributed by atoms with E-state index in [0.717, 1.165) is 55.4 Å². The van der Waals surface area contributed by atoms with E-state index in [2.05, 4.69) is 16.8 Å². The van der Waals surface area contributed by atoms with Gasteiger partial charge in [0.1, 0.15) is 9.88 Å². The van der Waals surface area contributed by atoms with Gasteiger partial charge in [0.2, 0.25) is 5.91 Å². The fraction of sp³-hybridized carbons (Fsp3) is 0.500. The van der Waals surface area contributed by atoms with Gasteiger partial charge in [-0.3, -0.25) is 14.5 Å². The summed E-state index contributed by atoms with van der Waals surface area (Å²) in [6.45, 7) is 7.81. The van der Waals surface area contributed by atoms with E-state index in [9.17, 15) is 9.59 Å². The minimum atomic E-state index is -0.0658. The maximum Gasteiger partial charge on any atom is 0.265 e. The van der Waals surface area contributed by atoms with Crippen LogP contribution in [0.5, 0.6) is 0 Å². The molecule has 1 aliphatic rings. The van der Waals surface area contributed by atoms with Crippen LogP contribution in [0.25, 0.3) is 0 Å². The number of aromatic nitrogens is 1. The summed E-state index contributed by atoms with van der Waals surface area (Å²) < 4.78 is 0. The van der Waals surface area contributed by atoms with Crippen LogP contribution in [-0.2, 0) is 11.3 Å². The summed E-state index contributed by atoms with van der Waals surface area (Å²) in [5.74, 6) is 0.166. The van der Waals surface area contributed by atoms with Gasteiger partial charge in [-0.2, -0.15) is 0 Å². The lowest BCUT2D eigenvalue weighted by Gasteiger charge is -2.36. The van der Waals surface area contributed by atoms with Gasteiger partial charge in [-0.25, -0.2) is 4.98 Å². The molecular weight excluding hydrogens is 384 g/mol. The van der Waals surface area contributed by atoms with Crippen LogP contribution in [0.2, 0.25) is 0 Å². The number of thiazole rings is 1. The molecule has 0 N–H and O–H groups in total. The second-order valence-corrected chi connectivity index (χ2v) is 8.78. The Bertz CT molecular complexity index is 842. The van der Waals surface area contributed by atoms with Crippen molar-refractivity contribution in [2.45, 2.75) is 32.7 Å². The fourth-order valence-corrected chi connectivity index (χ4v) is 4.83. The third-order valence-electron chi connectivity index (χ3n) is 5.39. The molecule has 2 aromatic rings. The largest absolute Gasteiger partial charge is 0.344 e. The van der Waals surface area contributed by atoms with Crippen molar-refractivity contribution < 1.29 is 9.59 Å². The number of rotatable bonds is 6.